The SMILES string of the molecule is CC12CCCC1C1CCC3CC(=O)CCC3(C)C1C(=O)C2Br. The average molecular weight is 367 g/mol. The molecule has 122 valence electrons. The maximum Gasteiger partial charge on any atom is 0.150 e. The summed E-state index contributed by atoms with van der Waals surface area (Å²) in [4.78, 5) is 25.3. The van der Waals surface area contributed by atoms with Crippen molar-refractivity contribution in [1.82, 2.24) is 0 Å². The second-order valence-corrected chi connectivity index (χ2v) is 9.85. The minimum absolute atomic E-state index is 0.0296. The van der Waals surface area contributed by atoms with Gasteiger partial charge in [0, 0.05) is 18.8 Å². The van der Waals surface area contributed by atoms with Crippen LogP contribution in [0.15, 0.2) is 0 Å². The van der Waals surface area contributed by atoms with Crippen LogP contribution in [0.5, 0.6) is 0 Å². The molecule has 0 spiro atoms. The van der Waals surface area contributed by atoms with Crippen LogP contribution in [0.3, 0.4) is 0 Å². The van der Waals surface area contributed by atoms with E-state index in [2.05, 4.69) is 29.8 Å². The van der Waals surface area contributed by atoms with Gasteiger partial charge in [-0.05, 0) is 60.7 Å². The molecular weight excluding hydrogens is 340 g/mol. The lowest BCUT2D eigenvalue weighted by Crippen LogP contribution is -2.60. The van der Waals surface area contributed by atoms with Crippen molar-refractivity contribution in [2.24, 2.45) is 34.5 Å². The van der Waals surface area contributed by atoms with Crippen LogP contribution in [0, 0.1) is 34.5 Å². The normalized spacial score (nSPS) is 54.6. The number of alkyl halides is 1. The van der Waals surface area contributed by atoms with Gasteiger partial charge in [0.2, 0.25) is 0 Å². The number of carbonyl (C=O) groups is 2. The average Bonchev–Trinajstić information content (AvgIpc) is 2.88. The van der Waals surface area contributed by atoms with Gasteiger partial charge in [0.15, 0.2) is 5.78 Å². The topological polar surface area (TPSA) is 34.1 Å². The highest BCUT2D eigenvalue weighted by atomic mass is 79.9. The number of fused-ring (bicyclic) bond motifs is 5. The Morgan fingerprint density at radius 1 is 1.05 bits per heavy atom. The summed E-state index contributed by atoms with van der Waals surface area (Å²) in [5.74, 6) is 2.81. The molecule has 4 aliphatic carbocycles. The molecule has 0 aromatic carbocycles. The van der Waals surface area contributed by atoms with Gasteiger partial charge in [0.05, 0.1) is 4.83 Å². The third-order valence-electron chi connectivity index (χ3n) is 8.07. The fourth-order valence-electron chi connectivity index (χ4n) is 6.80. The van der Waals surface area contributed by atoms with Crippen LogP contribution in [0.1, 0.15) is 65.2 Å². The smallest absolute Gasteiger partial charge is 0.150 e. The molecule has 0 radical (unpaired) electrons. The van der Waals surface area contributed by atoms with Crippen molar-refractivity contribution < 1.29 is 9.59 Å². The van der Waals surface area contributed by atoms with Gasteiger partial charge in [-0.2, -0.15) is 0 Å². The minimum atomic E-state index is 0.0296. The standard InChI is InChI=1S/C19H27BrO2/c1-18-9-7-12(21)10-11(18)5-6-13-14-4-3-8-19(14,2)17(20)16(22)15(13)18/h11,13-15,17H,3-10H2,1-2H3. The Morgan fingerprint density at radius 2 is 1.82 bits per heavy atom. The Morgan fingerprint density at radius 3 is 2.59 bits per heavy atom. The van der Waals surface area contributed by atoms with Gasteiger partial charge in [-0.25, -0.2) is 0 Å². The molecule has 0 bridgehead atoms. The van der Waals surface area contributed by atoms with Crippen LogP contribution >= 0.6 is 15.9 Å². The Balaban J connectivity index is 1.74. The number of Topliss-reactive ketones (excluding diaryl/α,β-unsaturated/α-hetero) is 2. The van der Waals surface area contributed by atoms with Crippen LogP contribution < -0.4 is 0 Å². The first-order valence-electron chi connectivity index (χ1n) is 9.07. The molecule has 22 heavy (non-hydrogen) atoms. The largest absolute Gasteiger partial charge is 0.300 e. The Bertz CT molecular complexity index is 530. The van der Waals surface area contributed by atoms with Crippen LogP contribution in [0.4, 0.5) is 0 Å². The summed E-state index contributed by atoms with van der Waals surface area (Å²) < 4.78 is 0. The molecule has 7 atom stereocenters. The highest BCUT2D eigenvalue weighted by Gasteiger charge is 2.64. The van der Waals surface area contributed by atoms with E-state index < -0.39 is 0 Å². The summed E-state index contributed by atoms with van der Waals surface area (Å²) >= 11 is 3.81. The molecule has 4 saturated carbocycles. The van der Waals surface area contributed by atoms with Gasteiger partial charge in [-0.3, -0.25) is 9.59 Å². The van der Waals surface area contributed by atoms with Crippen molar-refractivity contribution >= 4 is 27.5 Å². The van der Waals surface area contributed by atoms with Crippen molar-refractivity contribution in [2.75, 3.05) is 0 Å². The van der Waals surface area contributed by atoms with Gasteiger partial charge >= 0.3 is 0 Å². The second kappa shape index (κ2) is 4.91. The Hall–Kier alpha value is -0.180. The van der Waals surface area contributed by atoms with E-state index in [0.717, 1.165) is 19.3 Å². The lowest BCUT2D eigenvalue weighted by Gasteiger charge is -2.59. The molecule has 0 heterocycles. The number of ketones is 2. The Labute approximate surface area is 141 Å². The molecular formula is C19H27BrO2. The van der Waals surface area contributed by atoms with E-state index >= 15 is 0 Å². The van der Waals surface area contributed by atoms with E-state index in [4.69, 9.17) is 0 Å². The summed E-state index contributed by atoms with van der Waals surface area (Å²) in [6, 6.07) is 0. The first-order valence-corrected chi connectivity index (χ1v) is 9.99. The highest BCUT2D eigenvalue weighted by Crippen LogP contribution is 2.65. The van der Waals surface area contributed by atoms with Gasteiger partial charge < -0.3 is 0 Å². The van der Waals surface area contributed by atoms with E-state index in [9.17, 15) is 9.59 Å². The summed E-state index contributed by atoms with van der Waals surface area (Å²) in [6.45, 7) is 4.67. The van der Waals surface area contributed by atoms with Crippen LogP contribution in [0.2, 0.25) is 0 Å². The van der Waals surface area contributed by atoms with Crippen molar-refractivity contribution in [3.63, 3.8) is 0 Å². The Kier molecular flexibility index (Phi) is 3.43. The lowest BCUT2D eigenvalue weighted by molar-refractivity contribution is -0.156. The van der Waals surface area contributed by atoms with Crippen molar-refractivity contribution in [1.29, 1.82) is 0 Å². The van der Waals surface area contributed by atoms with Gasteiger partial charge in [-0.15, -0.1) is 0 Å². The maximum atomic E-state index is 13.3. The van der Waals surface area contributed by atoms with Gasteiger partial charge in [0.25, 0.3) is 0 Å². The fraction of sp³-hybridized carbons (Fsp3) is 0.895. The summed E-state index contributed by atoms with van der Waals surface area (Å²) in [5.41, 5.74) is 0.246. The lowest BCUT2D eigenvalue weighted by atomic mass is 9.45. The fourth-order valence-corrected chi connectivity index (χ4v) is 7.65. The number of rotatable bonds is 0. The van der Waals surface area contributed by atoms with E-state index in [1.54, 1.807) is 0 Å². The molecule has 4 fully saturated rings. The molecule has 0 aliphatic heterocycles. The molecule has 2 nitrogen and oxygen atoms in total. The molecule has 3 heteroatoms. The predicted octanol–water partition coefficient (Wildman–Crippen LogP) is 4.54. The summed E-state index contributed by atoms with van der Waals surface area (Å²) in [6.07, 6.45) is 8.46. The summed E-state index contributed by atoms with van der Waals surface area (Å²) in [5, 5.41) is 0. The third kappa shape index (κ3) is 1.84. The van der Waals surface area contributed by atoms with Crippen LogP contribution in [-0.2, 0) is 9.59 Å². The monoisotopic (exact) mass is 366 g/mol. The predicted molar refractivity (Wildman–Crippen MR) is 89.8 cm³/mol. The first-order chi connectivity index (χ1) is 10.4. The molecule has 7 unspecified atom stereocenters. The number of halogens is 1. The number of carbonyl (C=O) groups excluding carboxylic acids is 2. The number of hydrogen-bond acceptors (Lipinski definition) is 2. The van der Waals surface area contributed by atoms with Crippen molar-refractivity contribution in [3.8, 4) is 0 Å². The van der Waals surface area contributed by atoms with E-state index in [1.807, 2.05) is 0 Å². The zero-order valence-corrected chi connectivity index (χ0v) is 15.3. The van der Waals surface area contributed by atoms with Crippen molar-refractivity contribution in [2.45, 2.75) is 70.0 Å². The molecule has 4 aliphatic rings. The molecule has 0 amide bonds. The third-order valence-corrected chi connectivity index (χ3v) is 9.56. The molecule has 0 N–H and O–H groups in total. The van der Waals surface area contributed by atoms with Crippen LogP contribution in [0.25, 0.3) is 0 Å². The minimum Gasteiger partial charge on any atom is -0.300 e. The quantitative estimate of drug-likeness (QED) is 0.589. The van der Waals surface area contributed by atoms with Crippen LogP contribution in [-0.4, -0.2) is 16.4 Å². The molecule has 4 rings (SSSR count). The van der Waals surface area contributed by atoms with E-state index in [0.29, 0.717) is 35.7 Å². The molecule has 0 saturated heterocycles. The molecule has 0 aromatic rings. The van der Waals surface area contributed by atoms with E-state index in [1.165, 1.54) is 25.7 Å². The first kappa shape index (κ1) is 15.4. The van der Waals surface area contributed by atoms with Gasteiger partial charge in [-0.1, -0.05) is 36.2 Å². The number of hydrogen-bond donors (Lipinski definition) is 0. The highest BCUT2D eigenvalue weighted by molar-refractivity contribution is 9.10. The zero-order chi connectivity index (χ0) is 15.7. The molecule has 0 aromatic heterocycles. The summed E-state index contributed by atoms with van der Waals surface area (Å²) in [7, 11) is 0. The van der Waals surface area contributed by atoms with Crippen molar-refractivity contribution in [3.05, 3.63) is 0 Å². The van der Waals surface area contributed by atoms with Gasteiger partial charge in [0.1, 0.15) is 5.78 Å². The zero-order valence-electron chi connectivity index (χ0n) is 13.7. The second-order valence-electron chi connectivity index (χ2n) is 8.93. The maximum absolute atomic E-state index is 13.3. The van der Waals surface area contributed by atoms with E-state index in [-0.39, 0.29) is 21.6 Å².